The molecule has 1 heterocycles. The number of anilines is 1. The number of benzene rings is 2. The fourth-order valence-electron chi connectivity index (χ4n) is 2.80. The van der Waals surface area contributed by atoms with E-state index in [1.165, 1.54) is 40.6 Å². The van der Waals surface area contributed by atoms with Crippen LogP contribution >= 0.6 is 0 Å². The molecule has 3 aromatic rings. The van der Waals surface area contributed by atoms with E-state index < -0.39 is 0 Å². The van der Waals surface area contributed by atoms with E-state index in [9.17, 15) is 0 Å². The number of rotatable bonds is 3. The van der Waals surface area contributed by atoms with Gasteiger partial charge in [0.05, 0.1) is 5.52 Å². The lowest BCUT2D eigenvalue weighted by Gasteiger charge is -2.13. The molecule has 2 nitrogen and oxygen atoms in total. The number of aromatic nitrogens is 1. The zero-order chi connectivity index (χ0) is 14.2. The van der Waals surface area contributed by atoms with Gasteiger partial charge in [0, 0.05) is 23.3 Å². The van der Waals surface area contributed by atoms with E-state index in [-0.39, 0.29) is 0 Å². The first-order valence-electron chi connectivity index (χ1n) is 7.52. The molecule has 1 aromatic heterocycles. The van der Waals surface area contributed by atoms with Crippen LogP contribution in [0.5, 0.6) is 0 Å². The Hall–Kier alpha value is -2.35. The molecule has 1 N–H and O–H groups in total. The van der Waals surface area contributed by atoms with Gasteiger partial charge < -0.3 is 5.32 Å². The normalized spacial score (nSPS) is 14.3. The summed E-state index contributed by atoms with van der Waals surface area (Å²) >= 11 is 0. The van der Waals surface area contributed by atoms with Gasteiger partial charge in [0.25, 0.3) is 0 Å². The highest BCUT2D eigenvalue weighted by atomic mass is 15.0. The molecule has 21 heavy (non-hydrogen) atoms. The largest absolute Gasteiger partial charge is 0.382 e. The summed E-state index contributed by atoms with van der Waals surface area (Å²) < 4.78 is 0. The molecule has 0 atom stereocenters. The van der Waals surface area contributed by atoms with E-state index in [0.717, 1.165) is 5.52 Å². The highest BCUT2D eigenvalue weighted by Gasteiger charge is 2.21. The fraction of sp³-hybridized carbons (Fsp3) is 0.211. The number of fused-ring (bicyclic) bond motifs is 1. The number of hydrogen-bond donors (Lipinski definition) is 1. The van der Waals surface area contributed by atoms with Crippen LogP contribution in [-0.2, 0) is 0 Å². The lowest BCUT2D eigenvalue weighted by atomic mass is 9.98. The maximum Gasteiger partial charge on any atom is 0.0702 e. The highest BCUT2D eigenvalue weighted by molar-refractivity contribution is 5.86. The molecular weight excluding hydrogens is 256 g/mol. The van der Waals surface area contributed by atoms with Crippen molar-refractivity contribution in [3.05, 3.63) is 60.3 Å². The summed E-state index contributed by atoms with van der Waals surface area (Å²) in [6.45, 7) is 2.20. The van der Waals surface area contributed by atoms with Gasteiger partial charge in [0.2, 0.25) is 0 Å². The third-order valence-electron chi connectivity index (χ3n) is 4.18. The molecule has 1 aliphatic rings. The molecule has 4 rings (SSSR count). The average Bonchev–Trinajstić information content (AvgIpc) is 3.33. The zero-order valence-electron chi connectivity index (χ0n) is 12.1. The lowest BCUT2D eigenvalue weighted by Crippen LogP contribution is -2.03. The first-order chi connectivity index (χ1) is 10.3. The average molecular weight is 274 g/mol. The Bertz CT molecular complexity index is 804. The van der Waals surface area contributed by atoms with Crippen molar-refractivity contribution in [2.45, 2.75) is 25.8 Å². The molecule has 2 aromatic carbocycles. The van der Waals surface area contributed by atoms with Crippen LogP contribution in [0.15, 0.2) is 54.7 Å². The molecular formula is C19H18N2. The Morgan fingerprint density at radius 3 is 2.81 bits per heavy atom. The third-order valence-corrected chi connectivity index (χ3v) is 4.18. The number of pyridine rings is 1. The molecule has 0 aliphatic heterocycles. The van der Waals surface area contributed by atoms with Crippen molar-refractivity contribution in [3.8, 4) is 11.1 Å². The van der Waals surface area contributed by atoms with Gasteiger partial charge in [-0.05, 0) is 60.7 Å². The number of hydrogen-bond acceptors (Lipinski definition) is 2. The smallest absolute Gasteiger partial charge is 0.0702 e. The molecule has 0 unspecified atom stereocenters. The Labute approximate surface area is 124 Å². The number of nitrogens with zero attached hydrogens (tertiary/aromatic N) is 1. The van der Waals surface area contributed by atoms with Crippen molar-refractivity contribution < 1.29 is 0 Å². The predicted molar refractivity (Wildman–Crippen MR) is 88.6 cm³/mol. The van der Waals surface area contributed by atoms with Crippen molar-refractivity contribution in [1.29, 1.82) is 0 Å². The molecule has 2 heteroatoms. The minimum atomic E-state index is 0.680. The molecule has 1 aliphatic carbocycles. The SMILES string of the molecule is Cc1c(NC2CC2)cccc1-c1ccc2ncccc2c1. The molecule has 0 spiro atoms. The summed E-state index contributed by atoms with van der Waals surface area (Å²) in [5.74, 6) is 0. The van der Waals surface area contributed by atoms with Crippen molar-refractivity contribution in [2.24, 2.45) is 0 Å². The van der Waals surface area contributed by atoms with E-state index >= 15 is 0 Å². The molecule has 1 saturated carbocycles. The van der Waals surface area contributed by atoms with Gasteiger partial charge in [-0.3, -0.25) is 4.98 Å². The van der Waals surface area contributed by atoms with Gasteiger partial charge in [0.15, 0.2) is 0 Å². The van der Waals surface area contributed by atoms with E-state index in [1.54, 1.807) is 0 Å². The zero-order valence-corrected chi connectivity index (χ0v) is 12.1. The molecule has 104 valence electrons. The van der Waals surface area contributed by atoms with Crippen LogP contribution in [0.4, 0.5) is 5.69 Å². The summed E-state index contributed by atoms with van der Waals surface area (Å²) in [6, 6.07) is 17.8. The minimum absolute atomic E-state index is 0.680. The van der Waals surface area contributed by atoms with Gasteiger partial charge in [-0.15, -0.1) is 0 Å². The quantitative estimate of drug-likeness (QED) is 0.743. The summed E-state index contributed by atoms with van der Waals surface area (Å²) in [5, 5.41) is 4.81. The van der Waals surface area contributed by atoms with Crippen molar-refractivity contribution in [2.75, 3.05) is 5.32 Å². The van der Waals surface area contributed by atoms with Gasteiger partial charge in [-0.1, -0.05) is 24.3 Å². The van der Waals surface area contributed by atoms with Crippen molar-refractivity contribution in [3.63, 3.8) is 0 Å². The summed E-state index contributed by atoms with van der Waals surface area (Å²) in [5.41, 5.74) is 6.19. The van der Waals surface area contributed by atoms with E-state index in [0.29, 0.717) is 6.04 Å². The van der Waals surface area contributed by atoms with Crippen LogP contribution in [-0.4, -0.2) is 11.0 Å². The molecule has 0 radical (unpaired) electrons. The first kappa shape index (κ1) is 12.4. The van der Waals surface area contributed by atoms with Crippen LogP contribution in [0, 0.1) is 6.92 Å². The Morgan fingerprint density at radius 1 is 1.05 bits per heavy atom. The molecule has 0 amide bonds. The summed E-state index contributed by atoms with van der Waals surface area (Å²) in [6.07, 6.45) is 4.43. The first-order valence-corrected chi connectivity index (χ1v) is 7.52. The van der Waals surface area contributed by atoms with Crippen LogP contribution in [0.2, 0.25) is 0 Å². The van der Waals surface area contributed by atoms with Crippen LogP contribution in [0.1, 0.15) is 18.4 Å². The van der Waals surface area contributed by atoms with Crippen LogP contribution in [0.3, 0.4) is 0 Å². The monoisotopic (exact) mass is 274 g/mol. The molecule has 0 bridgehead atoms. The third kappa shape index (κ3) is 2.38. The Morgan fingerprint density at radius 2 is 1.95 bits per heavy atom. The van der Waals surface area contributed by atoms with Crippen molar-refractivity contribution >= 4 is 16.6 Å². The van der Waals surface area contributed by atoms with E-state index in [1.807, 2.05) is 12.3 Å². The Kier molecular flexibility index (Phi) is 2.88. The fourth-order valence-corrected chi connectivity index (χ4v) is 2.80. The predicted octanol–water partition coefficient (Wildman–Crippen LogP) is 4.78. The van der Waals surface area contributed by atoms with E-state index in [2.05, 4.69) is 59.7 Å². The minimum Gasteiger partial charge on any atom is -0.382 e. The van der Waals surface area contributed by atoms with Gasteiger partial charge in [-0.25, -0.2) is 0 Å². The van der Waals surface area contributed by atoms with Crippen molar-refractivity contribution in [1.82, 2.24) is 4.98 Å². The molecule has 1 fully saturated rings. The topological polar surface area (TPSA) is 24.9 Å². The maximum absolute atomic E-state index is 4.39. The second-order valence-electron chi connectivity index (χ2n) is 5.81. The highest BCUT2D eigenvalue weighted by Crippen LogP contribution is 2.33. The molecule has 0 saturated heterocycles. The second kappa shape index (κ2) is 4.88. The van der Waals surface area contributed by atoms with Gasteiger partial charge >= 0.3 is 0 Å². The van der Waals surface area contributed by atoms with Crippen LogP contribution in [0.25, 0.3) is 22.0 Å². The lowest BCUT2D eigenvalue weighted by molar-refractivity contribution is 1.15. The second-order valence-corrected chi connectivity index (χ2v) is 5.81. The summed E-state index contributed by atoms with van der Waals surface area (Å²) in [4.78, 5) is 4.39. The standard InChI is InChI=1S/C19H18N2/c1-13-17(5-2-6-18(13)21-16-8-9-16)14-7-10-19-15(12-14)4-3-11-20-19/h2-7,10-12,16,21H,8-9H2,1H3. The summed E-state index contributed by atoms with van der Waals surface area (Å²) in [7, 11) is 0. The van der Waals surface area contributed by atoms with Gasteiger partial charge in [0.1, 0.15) is 0 Å². The van der Waals surface area contributed by atoms with Gasteiger partial charge in [-0.2, -0.15) is 0 Å². The van der Waals surface area contributed by atoms with E-state index in [4.69, 9.17) is 0 Å². The number of nitrogens with one attached hydrogen (secondary N) is 1. The maximum atomic E-state index is 4.39. The Balaban J connectivity index is 1.79. The van der Waals surface area contributed by atoms with Crippen LogP contribution < -0.4 is 5.32 Å².